The van der Waals surface area contributed by atoms with Crippen LogP contribution in [0.5, 0.6) is 0 Å². The van der Waals surface area contributed by atoms with Gasteiger partial charge >= 0.3 is 85.1 Å². The van der Waals surface area contributed by atoms with E-state index in [2.05, 4.69) is 13.8 Å². The van der Waals surface area contributed by atoms with Crippen molar-refractivity contribution in [1.29, 1.82) is 0 Å². The Morgan fingerprint density at radius 2 is 2.17 bits per heavy atom. The van der Waals surface area contributed by atoms with Crippen LogP contribution >= 0.6 is 0 Å². The van der Waals surface area contributed by atoms with E-state index in [4.69, 9.17) is 4.74 Å². The van der Waals surface area contributed by atoms with Crippen LogP contribution in [0.3, 0.4) is 0 Å². The van der Waals surface area contributed by atoms with Gasteiger partial charge in [-0.3, -0.25) is 0 Å². The molecular formula is C9H18O2Te. The third-order valence-corrected chi connectivity index (χ3v) is 5.42. The van der Waals surface area contributed by atoms with Crippen LogP contribution in [0.1, 0.15) is 33.6 Å². The molecule has 1 atom stereocenters. The summed E-state index contributed by atoms with van der Waals surface area (Å²) in [5, 5.41) is 0. The van der Waals surface area contributed by atoms with E-state index >= 15 is 0 Å². The van der Waals surface area contributed by atoms with Crippen LogP contribution in [0.4, 0.5) is 0 Å². The summed E-state index contributed by atoms with van der Waals surface area (Å²) in [5.74, 6) is -0.0223. The van der Waals surface area contributed by atoms with E-state index in [1.807, 2.05) is 6.92 Å². The van der Waals surface area contributed by atoms with E-state index in [1.165, 1.54) is 6.42 Å². The van der Waals surface area contributed by atoms with Gasteiger partial charge in [-0.05, 0) is 0 Å². The zero-order chi connectivity index (χ0) is 9.40. The molecule has 0 radical (unpaired) electrons. The predicted octanol–water partition coefficient (Wildman–Crippen LogP) is 2.28. The Labute approximate surface area is 85.1 Å². The van der Waals surface area contributed by atoms with Crippen LogP contribution in [0.25, 0.3) is 0 Å². The summed E-state index contributed by atoms with van der Waals surface area (Å²) in [7, 11) is 0. The quantitative estimate of drug-likeness (QED) is 0.553. The molecule has 0 saturated heterocycles. The molecule has 0 aliphatic heterocycles. The first-order valence-corrected chi connectivity index (χ1v) is 7.47. The van der Waals surface area contributed by atoms with Gasteiger partial charge in [-0.25, -0.2) is 0 Å². The topological polar surface area (TPSA) is 26.3 Å². The molecule has 0 rings (SSSR count). The molecule has 0 spiro atoms. The van der Waals surface area contributed by atoms with Crippen LogP contribution in [-0.4, -0.2) is 33.5 Å². The number of esters is 1. The van der Waals surface area contributed by atoms with Crippen molar-refractivity contribution in [1.82, 2.24) is 0 Å². The van der Waals surface area contributed by atoms with E-state index in [0.29, 0.717) is 13.0 Å². The maximum absolute atomic E-state index is 10.9. The molecule has 0 aromatic rings. The van der Waals surface area contributed by atoms with Gasteiger partial charge in [0, 0.05) is 0 Å². The maximum atomic E-state index is 10.9. The molecule has 0 aliphatic carbocycles. The van der Waals surface area contributed by atoms with Gasteiger partial charge in [0.1, 0.15) is 0 Å². The fourth-order valence-corrected chi connectivity index (χ4v) is 3.33. The molecule has 0 aromatic heterocycles. The van der Waals surface area contributed by atoms with Gasteiger partial charge in [-0.1, -0.05) is 0 Å². The Morgan fingerprint density at radius 3 is 2.67 bits per heavy atom. The summed E-state index contributed by atoms with van der Waals surface area (Å²) in [4.78, 5) is 10.9. The number of carbonyl (C=O) groups excluding carboxylic acids is 1. The molecule has 2 nitrogen and oxygen atoms in total. The summed E-state index contributed by atoms with van der Waals surface area (Å²) in [6.07, 6.45) is 1.89. The van der Waals surface area contributed by atoms with Gasteiger partial charge in [0.05, 0.1) is 0 Å². The number of carbonyl (C=O) groups is 1. The van der Waals surface area contributed by atoms with E-state index in [9.17, 15) is 4.79 Å². The molecule has 0 aliphatic rings. The average Bonchev–Trinajstić information content (AvgIpc) is 2.04. The number of rotatable bonds is 6. The summed E-state index contributed by atoms with van der Waals surface area (Å²) in [5.41, 5.74) is 0. The van der Waals surface area contributed by atoms with Crippen LogP contribution in [0.15, 0.2) is 0 Å². The minimum absolute atomic E-state index is 0.0223. The second-order valence-corrected chi connectivity index (χ2v) is 7.06. The van der Waals surface area contributed by atoms with Crippen LogP contribution < -0.4 is 0 Å². The molecule has 72 valence electrons. The third kappa shape index (κ3) is 6.94. The summed E-state index contributed by atoms with van der Waals surface area (Å²) >= 11 is 0.0493. The van der Waals surface area contributed by atoms with Crippen molar-refractivity contribution in [3.8, 4) is 0 Å². The first-order chi connectivity index (χ1) is 5.70. The van der Waals surface area contributed by atoms with Crippen molar-refractivity contribution in [2.75, 3.05) is 6.61 Å². The Hall–Kier alpha value is 0.260. The molecular weight excluding hydrogens is 268 g/mol. The average molecular weight is 286 g/mol. The van der Waals surface area contributed by atoms with E-state index < -0.39 is 0 Å². The first-order valence-electron chi connectivity index (χ1n) is 4.47. The standard InChI is InChI=1S/C9H18O2Te/c1-4-8(3)12-7-6-9(10)11-5-2/h8H,4-7H2,1-3H3. The molecule has 0 heterocycles. The second kappa shape index (κ2) is 7.89. The molecule has 3 heteroatoms. The van der Waals surface area contributed by atoms with Crippen molar-refractivity contribution >= 4 is 26.9 Å². The molecule has 0 bridgehead atoms. The van der Waals surface area contributed by atoms with E-state index in [0.717, 1.165) is 8.43 Å². The zero-order valence-electron chi connectivity index (χ0n) is 8.13. The van der Waals surface area contributed by atoms with Gasteiger partial charge in [0.15, 0.2) is 0 Å². The Morgan fingerprint density at radius 1 is 1.50 bits per heavy atom. The van der Waals surface area contributed by atoms with Gasteiger partial charge < -0.3 is 0 Å². The van der Waals surface area contributed by atoms with E-state index in [-0.39, 0.29) is 26.9 Å². The molecule has 0 amide bonds. The van der Waals surface area contributed by atoms with Crippen LogP contribution in [0.2, 0.25) is 8.43 Å². The molecule has 0 N–H and O–H groups in total. The Bertz CT molecular complexity index is 126. The Kier molecular flexibility index (Phi) is 8.06. The molecule has 0 aromatic carbocycles. The summed E-state index contributed by atoms with van der Waals surface area (Å²) in [6, 6.07) is 0. The molecule has 1 unspecified atom stereocenters. The van der Waals surface area contributed by atoms with Crippen LogP contribution in [-0.2, 0) is 9.53 Å². The monoisotopic (exact) mass is 288 g/mol. The first kappa shape index (κ1) is 12.3. The van der Waals surface area contributed by atoms with Gasteiger partial charge in [0.25, 0.3) is 0 Å². The number of hydrogen-bond donors (Lipinski definition) is 0. The van der Waals surface area contributed by atoms with E-state index in [1.54, 1.807) is 0 Å². The minimum atomic E-state index is -0.0223. The molecule has 12 heavy (non-hydrogen) atoms. The van der Waals surface area contributed by atoms with Crippen LogP contribution in [0, 0.1) is 0 Å². The van der Waals surface area contributed by atoms with Gasteiger partial charge in [0.2, 0.25) is 0 Å². The van der Waals surface area contributed by atoms with Crippen molar-refractivity contribution in [3.63, 3.8) is 0 Å². The number of hydrogen-bond acceptors (Lipinski definition) is 2. The third-order valence-electron chi connectivity index (χ3n) is 1.59. The predicted molar refractivity (Wildman–Crippen MR) is 51.5 cm³/mol. The van der Waals surface area contributed by atoms with Crippen molar-refractivity contribution in [3.05, 3.63) is 0 Å². The number of ether oxygens (including phenoxy) is 1. The normalized spacial score (nSPS) is 12.6. The SMILES string of the molecule is CCOC(=O)CC[Te]C(C)CC. The summed E-state index contributed by atoms with van der Waals surface area (Å²) < 4.78 is 6.80. The van der Waals surface area contributed by atoms with Crippen molar-refractivity contribution < 1.29 is 9.53 Å². The van der Waals surface area contributed by atoms with Crippen molar-refractivity contribution in [2.45, 2.75) is 42.0 Å². The zero-order valence-corrected chi connectivity index (χ0v) is 10.5. The van der Waals surface area contributed by atoms with Gasteiger partial charge in [-0.2, -0.15) is 0 Å². The fraction of sp³-hybridized carbons (Fsp3) is 0.889. The van der Waals surface area contributed by atoms with Gasteiger partial charge in [-0.15, -0.1) is 0 Å². The fourth-order valence-electron chi connectivity index (χ4n) is 0.694. The summed E-state index contributed by atoms with van der Waals surface area (Å²) in [6.45, 7) is 6.85. The second-order valence-electron chi connectivity index (χ2n) is 2.64. The Balaban J connectivity index is 3.24. The molecule has 0 saturated carbocycles. The van der Waals surface area contributed by atoms with Crippen molar-refractivity contribution in [2.24, 2.45) is 0 Å². The molecule has 0 fully saturated rings.